The van der Waals surface area contributed by atoms with E-state index in [1.54, 1.807) is 7.11 Å². The molecule has 7 heteroatoms. The monoisotopic (exact) mass is 504 g/mol. The van der Waals surface area contributed by atoms with Crippen LogP contribution in [0.25, 0.3) is 5.69 Å². The molecule has 1 aliphatic rings. The fourth-order valence-electron chi connectivity index (χ4n) is 4.17. The van der Waals surface area contributed by atoms with Crippen molar-refractivity contribution in [2.75, 3.05) is 12.0 Å². The van der Waals surface area contributed by atoms with E-state index in [2.05, 4.69) is 66.2 Å². The number of ether oxygens (including phenoxy) is 1. The molecule has 2 atom stereocenters. The van der Waals surface area contributed by atoms with Gasteiger partial charge in [-0.15, -0.1) is 0 Å². The van der Waals surface area contributed by atoms with Gasteiger partial charge < -0.3 is 19.5 Å². The van der Waals surface area contributed by atoms with Crippen molar-refractivity contribution in [3.8, 4) is 11.4 Å². The summed E-state index contributed by atoms with van der Waals surface area (Å²) >= 11 is 9.43. The van der Waals surface area contributed by atoms with Crippen LogP contribution >= 0.6 is 28.1 Å². The van der Waals surface area contributed by atoms with Gasteiger partial charge in [0.25, 0.3) is 0 Å². The summed E-state index contributed by atoms with van der Waals surface area (Å²) in [5.74, 6) is 0.808. The van der Waals surface area contributed by atoms with E-state index in [0.29, 0.717) is 5.11 Å². The number of benzene rings is 2. The van der Waals surface area contributed by atoms with Crippen molar-refractivity contribution in [3.63, 3.8) is 0 Å². The maximum absolute atomic E-state index is 5.83. The summed E-state index contributed by atoms with van der Waals surface area (Å²) in [5, 5.41) is 4.18. The summed E-state index contributed by atoms with van der Waals surface area (Å²) in [6.45, 7) is 0. The molecule has 0 unspecified atom stereocenters. The van der Waals surface area contributed by atoms with Crippen LogP contribution in [0, 0.1) is 0 Å². The third-order valence-electron chi connectivity index (χ3n) is 5.62. The summed E-state index contributed by atoms with van der Waals surface area (Å²) in [5.41, 5.74) is 4.13. The molecule has 2 aromatic carbocycles. The van der Waals surface area contributed by atoms with E-state index in [0.717, 1.165) is 33.0 Å². The van der Waals surface area contributed by atoms with Crippen molar-refractivity contribution >= 4 is 38.9 Å². The molecule has 0 radical (unpaired) electrons. The zero-order valence-electron chi connectivity index (χ0n) is 17.4. The van der Waals surface area contributed by atoms with Crippen LogP contribution in [0.4, 0.5) is 5.69 Å². The fourth-order valence-corrected chi connectivity index (χ4v) is 4.91. The number of pyridine rings is 1. The second-order valence-corrected chi connectivity index (χ2v) is 8.78. The molecule has 32 heavy (non-hydrogen) atoms. The Labute approximate surface area is 200 Å². The lowest BCUT2D eigenvalue weighted by molar-refractivity contribution is 0.415. The molecular formula is C25H21BrN4OS. The molecule has 4 aromatic rings. The molecule has 2 aromatic heterocycles. The topological polar surface area (TPSA) is 42.3 Å². The molecule has 0 bridgehead atoms. The molecule has 0 spiro atoms. The number of anilines is 1. The molecule has 5 rings (SSSR count). The van der Waals surface area contributed by atoms with Crippen LogP contribution in [0.15, 0.2) is 95.7 Å². The first kappa shape index (κ1) is 20.7. The van der Waals surface area contributed by atoms with Gasteiger partial charge in [-0.2, -0.15) is 0 Å². The number of halogens is 1. The van der Waals surface area contributed by atoms with E-state index in [1.807, 2.05) is 60.8 Å². The predicted octanol–water partition coefficient (Wildman–Crippen LogP) is 5.82. The average Bonchev–Trinajstić information content (AvgIpc) is 3.44. The smallest absolute Gasteiger partial charge is 0.174 e. The summed E-state index contributed by atoms with van der Waals surface area (Å²) in [7, 11) is 1.67. The molecule has 160 valence electrons. The third-order valence-corrected chi connectivity index (χ3v) is 6.43. The largest absolute Gasteiger partial charge is 0.497 e. The molecule has 1 saturated heterocycles. The number of methoxy groups -OCH3 is 1. The minimum absolute atomic E-state index is 0.0974. The van der Waals surface area contributed by atoms with Crippen LogP contribution in [-0.4, -0.2) is 21.8 Å². The van der Waals surface area contributed by atoms with Crippen LogP contribution in [-0.2, 0) is 0 Å². The number of aromatic nitrogens is 2. The van der Waals surface area contributed by atoms with Gasteiger partial charge in [-0.05, 0) is 78.9 Å². The van der Waals surface area contributed by atoms with E-state index < -0.39 is 0 Å². The Balaban J connectivity index is 1.65. The molecule has 0 amide bonds. The van der Waals surface area contributed by atoms with Crippen molar-refractivity contribution < 1.29 is 4.74 Å². The minimum atomic E-state index is -0.105. The number of nitrogens with zero attached hydrogens (tertiary/aromatic N) is 3. The summed E-state index contributed by atoms with van der Waals surface area (Å²) < 4.78 is 8.59. The van der Waals surface area contributed by atoms with Crippen LogP contribution < -0.4 is 15.0 Å². The van der Waals surface area contributed by atoms with Crippen LogP contribution in [0.3, 0.4) is 0 Å². The molecule has 0 aliphatic carbocycles. The molecule has 5 nitrogen and oxygen atoms in total. The van der Waals surface area contributed by atoms with Gasteiger partial charge in [0, 0.05) is 33.9 Å². The van der Waals surface area contributed by atoms with Crippen LogP contribution in [0.1, 0.15) is 23.5 Å². The SMILES string of the molecule is COc1ccc(N2C(=S)N[C@@H](c3ccccn3)[C@H]2c2cccn2-c2cccc(Br)c2)cc1. The zero-order valence-corrected chi connectivity index (χ0v) is 19.8. The minimum Gasteiger partial charge on any atom is -0.497 e. The van der Waals surface area contributed by atoms with E-state index in [4.69, 9.17) is 17.0 Å². The predicted molar refractivity (Wildman–Crippen MR) is 134 cm³/mol. The highest BCUT2D eigenvalue weighted by atomic mass is 79.9. The van der Waals surface area contributed by atoms with Crippen molar-refractivity contribution in [2.24, 2.45) is 0 Å². The van der Waals surface area contributed by atoms with Gasteiger partial charge in [-0.25, -0.2) is 0 Å². The summed E-state index contributed by atoms with van der Waals surface area (Å²) in [6.07, 6.45) is 3.90. The highest BCUT2D eigenvalue weighted by Crippen LogP contribution is 2.42. The average molecular weight is 505 g/mol. The van der Waals surface area contributed by atoms with Gasteiger partial charge in [0.15, 0.2) is 5.11 Å². The van der Waals surface area contributed by atoms with Gasteiger partial charge in [0.1, 0.15) is 11.8 Å². The lowest BCUT2D eigenvalue weighted by atomic mass is 10.0. The zero-order chi connectivity index (χ0) is 22.1. The van der Waals surface area contributed by atoms with Crippen molar-refractivity contribution in [3.05, 3.63) is 107 Å². The summed E-state index contributed by atoms with van der Waals surface area (Å²) in [4.78, 5) is 6.81. The quantitative estimate of drug-likeness (QED) is 0.346. The number of thiocarbonyl (C=S) groups is 1. The van der Waals surface area contributed by atoms with E-state index >= 15 is 0 Å². The molecule has 1 aliphatic heterocycles. The highest BCUT2D eigenvalue weighted by Gasteiger charge is 2.42. The normalized spacial score (nSPS) is 17.9. The van der Waals surface area contributed by atoms with E-state index in [9.17, 15) is 0 Å². The first-order chi connectivity index (χ1) is 15.7. The molecular weight excluding hydrogens is 484 g/mol. The highest BCUT2D eigenvalue weighted by molar-refractivity contribution is 9.10. The lowest BCUT2D eigenvalue weighted by Crippen LogP contribution is -2.30. The molecule has 1 fully saturated rings. The van der Waals surface area contributed by atoms with Gasteiger partial charge in [0.05, 0.1) is 18.8 Å². The first-order valence-electron chi connectivity index (χ1n) is 10.2. The molecule has 0 saturated carbocycles. The molecule has 1 N–H and O–H groups in total. The Morgan fingerprint density at radius 1 is 0.969 bits per heavy atom. The Morgan fingerprint density at radius 2 is 1.81 bits per heavy atom. The number of nitrogens with one attached hydrogen (secondary N) is 1. The van der Waals surface area contributed by atoms with Crippen molar-refractivity contribution in [1.82, 2.24) is 14.9 Å². The van der Waals surface area contributed by atoms with Crippen LogP contribution in [0.2, 0.25) is 0 Å². The second kappa shape index (κ2) is 8.76. The first-order valence-corrected chi connectivity index (χ1v) is 11.4. The van der Waals surface area contributed by atoms with E-state index in [-0.39, 0.29) is 12.1 Å². The van der Waals surface area contributed by atoms with Gasteiger partial charge in [0.2, 0.25) is 0 Å². The van der Waals surface area contributed by atoms with Gasteiger partial charge >= 0.3 is 0 Å². The Morgan fingerprint density at radius 3 is 2.53 bits per heavy atom. The fraction of sp³-hybridized carbons (Fsp3) is 0.120. The number of rotatable bonds is 5. The van der Waals surface area contributed by atoms with E-state index in [1.165, 1.54) is 0 Å². The summed E-state index contributed by atoms with van der Waals surface area (Å²) in [6, 6.07) is 26.2. The lowest BCUT2D eigenvalue weighted by Gasteiger charge is -2.29. The Hall–Kier alpha value is -3.16. The number of hydrogen-bond acceptors (Lipinski definition) is 3. The van der Waals surface area contributed by atoms with Crippen molar-refractivity contribution in [1.29, 1.82) is 0 Å². The second-order valence-electron chi connectivity index (χ2n) is 7.48. The standard InChI is InChI=1S/C25H21BrN4OS/c1-31-20-12-10-18(11-13-20)30-24(23(28-25(30)32)21-8-2-3-14-27-21)22-9-5-15-29(22)19-7-4-6-17(26)16-19/h2-16,23-24H,1H3,(H,28,32)/t23-,24+/m0/s1. The van der Waals surface area contributed by atoms with Gasteiger partial charge in [-0.3, -0.25) is 4.98 Å². The van der Waals surface area contributed by atoms with Crippen molar-refractivity contribution in [2.45, 2.75) is 12.1 Å². The van der Waals surface area contributed by atoms with Gasteiger partial charge in [-0.1, -0.05) is 28.1 Å². The molecule has 3 heterocycles. The Bertz CT molecular complexity index is 1240. The Kier molecular flexibility index (Phi) is 5.68. The maximum atomic E-state index is 5.83. The maximum Gasteiger partial charge on any atom is 0.174 e. The van der Waals surface area contributed by atoms with Crippen LogP contribution in [0.5, 0.6) is 5.75 Å². The number of hydrogen-bond donors (Lipinski definition) is 1. The third kappa shape index (κ3) is 3.78.